The summed E-state index contributed by atoms with van der Waals surface area (Å²) in [5.41, 5.74) is 6.37. The van der Waals surface area contributed by atoms with Crippen molar-refractivity contribution in [2.24, 2.45) is 5.73 Å². The van der Waals surface area contributed by atoms with Gasteiger partial charge in [-0.1, -0.05) is 0 Å². The Morgan fingerprint density at radius 2 is 2.45 bits per heavy atom. The molecular formula is C8H12FNS. The van der Waals surface area contributed by atoms with E-state index in [9.17, 15) is 4.39 Å². The molecule has 1 aromatic heterocycles. The van der Waals surface area contributed by atoms with E-state index in [-0.39, 0.29) is 0 Å². The van der Waals surface area contributed by atoms with Gasteiger partial charge in [-0.05, 0) is 36.9 Å². The van der Waals surface area contributed by atoms with Gasteiger partial charge in [0.1, 0.15) is 6.17 Å². The van der Waals surface area contributed by atoms with E-state index in [2.05, 4.69) is 0 Å². The number of rotatable bonds is 3. The van der Waals surface area contributed by atoms with Crippen LogP contribution < -0.4 is 5.73 Å². The second kappa shape index (κ2) is 3.83. The number of nitrogens with two attached hydrogens (primary N) is 1. The summed E-state index contributed by atoms with van der Waals surface area (Å²) in [6.07, 6.45) is -0.432. The van der Waals surface area contributed by atoms with Crippen LogP contribution in [0.4, 0.5) is 4.39 Å². The Balaban J connectivity index is 2.60. The second-order valence-electron chi connectivity index (χ2n) is 2.57. The summed E-state index contributed by atoms with van der Waals surface area (Å²) in [7, 11) is 0. The van der Waals surface area contributed by atoms with E-state index < -0.39 is 6.17 Å². The standard InChI is InChI=1S/C8H12FNS/c1-6-4-8(11-5-6)7(9)2-3-10/h4-5,7H,2-3,10H2,1H3. The number of hydrogen-bond acceptors (Lipinski definition) is 2. The van der Waals surface area contributed by atoms with Crippen molar-refractivity contribution >= 4 is 11.3 Å². The Hall–Kier alpha value is -0.410. The number of alkyl halides is 1. The first-order valence-electron chi connectivity index (χ1n) is 3.63. The maximum Gasteiger partial charge on any atom is 0.135 e. The molecule has 0 radical (unpaired) electrons. The van der Waals surface area contributed by atoms with Crippen LogP contribution in [-0.4, -0.2) is 6.54 Å². The fourth-order valence-electron chi connectivity index (χ4n) is 0.906. The van der Waals surface area contributed by atoms with Gasteiger partial charge in [-0.2, -0.15) is 0 Å². The molecule has 2 N–H and O–H groups in total. The van der Waals surface area contributed by atoms with Gasteiger partial charge in [0.2, 0.25) is 0 Å². The van der Waals surface area contributed by atoms with Crippen molar-refractivity contribution in [2.45, 2.75) is 19.5 Å². The molecule has 62 valence electrons. The molecule has 0 bridgehead atoms. The Labute approximate surface area is 70.0 Å². The lowest BCUT2D eigenvalue weighted by atomic mass is 10.2. The fourth-order valence-corrected chi connectivity index (χ4v) is 1.82. The quantitative estimate of drug-likeness (QED) is 0.746. The van der Waals surface area contributed by atoms with Gasteiger partial charge >= 0.3 is 0 Å². The molecule has 0 aliphatic heterocycles. The molecule has 0 aromatic carbocycles. The minimum absolute atomic E-state index is 0.415. The minimum Gasteiger partial charge on any atom is -0.330 e. The van der Waals surface area contributed by atoms with Crippen LogP contribution in [0.25, 0.3) is 0 Å². The molecule has 0 amide bonds. The van der Waals surface area contributed by atoms with Crippen LogP contribution in [0.5, 0.6) is 0 Å². The predicted octanol–water partition coefficient (Wildman–Crippen LogP) is 2.42. The van der Waals surface area contributed by atoms with Gasteiger partial charge < -0.3 is 5.73 Å². The van der Waals surface area contributed by atoms with Gasteiger partial charge in [0, 0.05) is 4.88 Å². The van der Waals surface area contributed by atoms with E-state index >= 15 is 0 Å². The molecule has 0 aliphatic rings. The lowest BCUT2D eigenvalue weighted by Gasteiger charge is -2.01. The highest BCUT2D eigenvalue weighted by atomic mass is 32.1. The first-order chi connectivity index (χ1) is 5.24. The normalized spacial score (nSPS) is 13.4. The van der Waals surface area contributed by atoms with Crippen molar-refractivity contribution in [3.8, 4) is 0 Å². The van der Waals surface area contributed by atoms with Crippen LogP contribution >= 0.6 is 11.3 Å². The lowest BCUT2D eigenvalue weighted by Crippen LogP contribution is -2.02. The first kappa shape index (κ1) is 8.68. The van der Waals surface area contributed by atoms with Gasteiger partial charge in [0.15, 0.2) is 0 Å². The Morgan fingerprint density at radius 1 is 1.73 bits per heavy atom. The molecule has 11 heavy (non-hydrogen) atoms. The zero-order valence-electron chi connectivity index (χ0n) is 6.51. The largest absolute Gasteiger partial charge is 0.330 e. The molecule has 1 heterocycles. The second-order valence-corrected chi connectivity index (χ2v) is 3.51. The van der Waals surface area contributed by atoms with Crippen LogP contribution in [0.15, 0.2) is 11.4 Å². The molecule has 0 fully saturated rings. The van der Waals surface area contributed by atoms with E-state index in [0.717, 1.165) is 10.4 Å². The van der Waals surface area contributed by atoms with Crippen LogP contribution in [0, 0.1) is 6.92 Å². The molecule has 1 atom stereocenters. The first-order valence-corrected chi connectivity index (χ1v) is 4.51. The SMILES string of the molecule is Cc1csc(C(F)CCN)c1. The summed E-state index contributed by atoms with van der Waals surface area (Å²) in [6.45, 7) is 2.38. The van der Waals surface area contributed by atoms with Gasteiger partial charge in [0.25, 0.3) is 0 Å². The highest BCUT2D eigenvalue weighted by Crippen LogP contribution is 2.26. The number of thiophene rings is 1. The third kappa shape index (κ3) is 2.27. The molecule has 0 saturated heterocycles. The molecule has 0 aliphatic carbocycles. The number of aryl methyl sites for hydroxylation is 1. The van der Waals surface area contributed by atoms with E-state index in [0.29, 0.717) is 13.0 Å². The van der Waals surface area contributed by atoms with Crippen molar-refractivity contribution in [2.75, 3.05) is 6.54 Å². The summed E-state index contributed by atoms with van der Waals surface area (Å²) in [4.78, 5) is 0.799. The van der Waals surface area contributed by atoms with Gasteiger partial charge in [0.05, 0.1) is 0 Å². The van der Waals surface area contributed by atoms with Crippen molar-refractivity contribution in [1.29, 1.82) is 0 Å². The zero-order chi connectivity index (χ0) is 8.27. The van der Waals surface area contributed by atoms with Crippen molar-refractivity contribution in [3.63, 3.8) is 0 Å². The third-order valence-corrected chi connectivity index (χ3v) is 2.62. The van der Waals surface area contributed by atoms with Gasteiger partial charge in [-0.15, -0.1) is 11.3 Å². The lowest BCUT2D eigenvalue weighted by molar-refractivity contribution is 0.333. The smallest absolute Gasteiger partial charge is 0.135 e. The maximum atomic E-state index is 13.1. The topological polar surface area (TPSA) is 26.0 Å². The Bertz CT molecular complexity index is 222. The molecular weight excluding hydrogens is 161 g/mol. The molecule has 3 heteroatoms. The number of halogens is 1. The number of hydrogen-bond donors (Lipinski definition) is 1. The van der Waals surface area contributed by atoms with Crippen LogP contribution in [0.1, 0.15) is 23.0 Å². The fraction of sp³-hybridized carbons (Fsp3) is 0.500. The summed E-state index contributed by atoms with van der Waals surface area (Å²) in [5, 5.41) is 1.96. The molecule has 1 unspecified atom stereocenters. The van der Waals surface area contributed by atoms with Gasteiger partial charge in [-0.25, -0.2) is 4.39 Å². The van der Waals surface area contributed by atoms with Crippen LogP contribution in [-0.2, 0) is 0 Å². The van der Waals surface area contributed by atoms with Crippen LogP contribution in [0.2, 0.25) is 0 Å². The Morgan fingerprint density at radius 3 is 2.91 bits per heavy atom. The third-order valence-electron chi connectivity index (χ3n) is 1.48. The molecule has 1 rings (SSSR count). The Kier molecular flexibility index (Phi) is 3.02. The van der Waals surface area contributed by atoms with E-state index in [1.54, 1.807) is 0 Å². The average Bonchev–Trinajstić information content (AvgIpc) is 2.36. The van der Waals surface area contributed by atoms with E-state index in [1.807, 2.05) is 18.4 Å². The van der Waals surface area contributed by atoms with Crippen molar-refractivity contribution in [1.82, 2.24) is 0 Å². The molecule has 1 aromatic rings. The summed E-state index contributed by atoms with van der Waals surface area (Å²) in [6, 6.07) is 1.88. The highest BCUT2D eigenvalue weighted by molar-refractivity contribution is 7.10. The maximum absolute atomic E-state index is 13.1. The van der Waals surface area contributed by atoms with E-state index in [1.165, 1.54) is 11.3 Å². The predicted molar refractivity (Wildman–Crippen MR) is 46.6 cm³/mol. The summed E-state index contributed by atoms with van der Waals surface area (Å²) < 4.78 is 13.1. The summed E-state index contributed by atoms with van der Waals surface area (Å²) >= 11 is 1.47. The van der Waals surface area contributed by atoms with Crippen LogP contribution in [0.3, 0.4) is 0 Å². The highest BCUT2D eigenvalue weighted by Gasteiger charge is 2.09. The van der Waals surface area contributed by atoms with Gasteiger partial charge in [-0.3, -0.25) is 0 Å². The summed E-state index contributed by atoms with van der Waals surface area (Å²) in [5.74, 6) is 0. The van der Waals surface area contributed by atoms with E-state index in [4.69, 9.17) is 5.73 Å². The van der Waals surface area contributed by atoms with Crippen molar-refractivity contribution < 1.29 is 4.39 Å². The zero-order valence-corrected chi connectivity index (χ0v) is 7.33. The molecule has 1 nitrogen and oxygen atoms in total. The molecule has 0 saturated carbocycles. The minimum atomic E-state index is -0.862. The average molecular weight is 173 g/mol. The monoisotopic (exact) mass is 173 g/mol. The van der Waals surface area contributed by atoms with Crippen molar-refractivity contribution in [3.05, 3.63) is 21.9 Å². The molecule has 0 spiro atoms.